The van der Waals surface area contributed by atoms with Gasteiger partial charge in [0.15, 0.2) is 9.84 Å². The predicted molar refractivity (Wildman–Crippen MR) is 71.7 cm³/mol. The number of nitrogens with one attached hydrogen (secondary N) is 1. The zero-order valence-corrected chi connectivity index (χ0v) is 11.4. The van der Waals surface area contributed by atoms with E-state index in [1.807, 2.05) is 6.07 Å². The molecule has 7 heteroatoms. The molecule has 2 rings (SSSR count). The van der Waals surface area contributed by atoms with Gasteiger partial charge in [0.05, 0.1) is 16.4 Å². The van der Waals surface area contributed by atoms with Crippen molar-refractivity contribution in [3.05, 3.63) is 39.4 Å². The molecule has 1 N–H and O–H groups in total. The quantitative estimate of drug-likeness (QED) is 0.662. The zero-order valence-electron chi connectivity index (χ0n) is 10.6. The first-order valence-corrected chi connectivity index (χ1v) is 7.88. The van der Waals surface area contributed by atoms with Gasteiger partial charge in [-0.05, 0) is 18.9 Å². The van der Waals surface area contributed by atoms with Crippen LogP contribution in [-0.4, -0.2) is 30.9 Å². The predicted octanol–water partition coefficient (Wildman–Crippen LogP) is 1.18. The average Bonchev–Trinajstić information content (AvgIpc) is 2.67. The number of nitro benzene ring substituents is 1. The fraction of sp³-hybridized carbons (Fsp3) is 0.500. The van der Waals surface area contributed by atoms with E-state index in [-0.39, 0.29) is 23.2 Å². The minimum absolute atomic E-state index is 0.0522. The van der Waals surface area contributed by atoms with Crippen LogP contribution in [0.5, 0.6) is 0 Å². The highest BCUT2D eigenvalue weighted by Crippen LogP contribution is 2.21. The molecule has 1 aliphatic rings. The third-order valence-corrected chi connectivity index (χ3v) is 5.20. The maximum atomic E-state index is 11.3. The highest BCUT2D eigenvalue weighted by Gasteiger charge is 2.27. The second-order valence-corrected chi connectivity index (χ2v) is 7.03. The van der Waals surface area contributed by atoms with Crippen molar-refractivity contribution in [3.63, 3.8) is 0 Å². The van der Waals surface area contributed by atoms with Crippen LogP contribution in [0.2, 0.25) is 0 Å². The average molecular weight is 284 g/mol. The zero-order chi connectivity index (χ0) is 14.0. The van der Waals surface area contributed by atoms with Gasteiger partial charge in [0.25, 0.3) is 5.69 Å². The van der Waals surface area contributed by atoms with E-state index >= 15 is 0 Å². The van der Waals surface area contributed by atoms with Gasteiger partial charge in [-0.3, -0.25) is 10.1 Å². The number of nitrogens with zero attached hydrogens (tertiary/aromatic N) is 1. The van der Waals surface area contributed by atoms with Gasteiger partial charge >= 0.3 is 0 Å². The molecule has 0 amide bonds. The fourth-order valence-corrected chi connectivity index (χ4v) is 3.98. The Balaban J connectivity index is 2.05. The summed E-state index contributed by atoms with van der Waals surface area (Å²) in [6, 6.07) is 4.88. The molecule has 0 bridgehead atoms. The van der Waals surface area contributed by atoms with Gasteiger partial charge in [0.2, 0.25) is 0 Å². The standard InChI is InChI=1S/C12H16N2O4S/c1-9-10(3-2-4-12(9)14(15)16)7-13-11-5-6-19(17,18)8-11/h2-4,11,13H,5-8H2,1H3. The van der Waals surface area contributed by atoms with Crippen LogP contribution in [0.3, 0.4) is 0 Å². The molecule has 0 radical (unpaired) electrons. The normalized spacial score (nSPS) is 21.4. The molecule has 1 unspecified atom stereocenters. The molecule has 6 nitrogen and oxygen atoms in total. The van der Waals surface area contributed by atoms with E-state index in [0.29, 0.717) is 18.5 Å². The van der Waals surface area contributed by atoms with Crippen molar-refractivity contribution in [2.24, 2.45) is 0 Å². The van der Waals surface area contributed by atoms with Gasteiger partial charge in [-0.15, -0.1) is 0 Å². The number of benzene rings is 1. The van der Waals surface area contributed by atoms with Crippen LogP contribution in [-0.2, 0) is 16.4 Å². The molecule has 0 spiro atoms. The summed E-state index contributed by atoms with van der Waals surface area (Å²) in [5.41, 5.74) is 1.55. The van der Waals surface area contributed by atoms with Gasteiger partial charge in [-0.2, -0.15) is 0 Å². The molecule has 1 fully saturated rings. The van der Waals surface area contributed by atoms with Crippen molar-refractivity contribution in [2.45, 2.75) is 25.9 Å². The second kappa shape index (κ2) is 5.26. The van der Waals surface area contributed by atoms with E-state index in [9.17, 15) is 18.5 Å². The summed E-state index contributed by atoms with van der Waals surface area (Å²) in [7, 11) is -2.90. The van der Waals surface area contributed by atoms with Crippen LogP contribution in [0.1, 0.15) is 17.5 Å². The Bertz CT molecular complexity index is 598. The van der Waals surface area contributed by atoms with Gasteiger partial charge in [-0.1, -0.05) is 12.1 Å². The highest BCUT2D eigenvalue weighted by molar-refractivity contribution is 7.91. The van der Waals surface area contributed by atoms with E-state index in [1.54, 1.807) is 13.0 Å². The van der Waals surface area contributed by atoms with Gasteiger partial charge < -0.3 is 5.32 Å². The molecule has 0 saturated carbocycles. The van der Waals surface area contributed by atoms with Gasteiger partial charge in [0, 0.05) is 24.2 Å². The minimum Gasteiger partial charge on any atom is -0.309 e. The summed E-state index contributed by atoms with van der Waals surface area (Å²) < 4.78 is 22.7. The molecule has 1 atom stereocenters. The monoisotopic (exact) mass is 284 g/mol. The lowest BCUT2D eigenvalue weighted by Gasteiger charge is -2.12. The maximum absolute atomic E-state index is 11.3. The van der Waals surface area contributed by atoms with Crippen molar-refractivity contribution in [2.75, 3.05) is 11.5 Å². The van der Waals surface area contributed by atoms with Crippen LogP contribution in [0, 0.1) is 17.0 Å². The Kier molecular flexibility index (Phi) is 3.86. The molecule has 1 aromatic rings. The molecule has 104 valence electrons. The molecule has 0 aromatic heterocycles. The largest absolute Gasteiger partial charge is 0.309 e. The molecule has 1 saturated heterocycles. The van der Waals surface area contributed by atoms with Gasteiger partial charge in [-0.25, -0.2) is 8.42 Å². The molecular formula is C12H16N2O4S. The summed E-state index contributed by atoms with van der Waals surface area (Å²) >= 11 is 0. The van der Waals surface area contributed by atoms with Gasteiger partial charge in [0.1, 0.15) is 0 Å². The fourth-order valence-electron chi connectivity index (χ4n) is 2.27. The lowest BCUT2D eigenvalue weighted by atomic mass is 10.1. The van der Waals surface area contributed by atoms with Crippen LogP contribution >= 0.6 is 0 Å². The highest BCUT2D eigenvalue weighted by atomic mass is 32.2. The first kappa shape index (κ1) is 14.0. The van der Waals surface area contributed by atoms with Crippen molar-refractivity contribution < 1.29 is 13.3 Å². The lowest BCUT2D eigenvalue weighted by molar-refractivity contribution is -0.385. The van der Waals surface area contributed by atoms with Crippen LogP contribution < -0.4 is 5.32 Å². The Labute approximate surface area is 111 Å². The van der Waals surface area contributed by atoms with Crippen LogP contribution in [0.25, 0.3) is 0 Å². The summed E-state index contributed by atoms with van der Waals surface area (Å²) in [4.78, 5) is 10.4. The Hall–Kier alpha value is -1.47. The summed E-state index contributed by atoms with van der Waals surface area (Å²) in [5, 5.41) is 14.0. The number of hydrogen-bond acceptors (Lipinski definition) is 5. The third-order valence-electron chi connectivity index (χ3n) is 3.43. The molecule has 1 heterocycles. The number of hydrogen-bond donors (Lipinski definition) is 1. The van der Waals surface area contributed by atoms with Crippen molar-refractivity contribution >= 4 is 15.5 Å². The van der Waals surface area contributed by atoms with E-state index in [2.05, 4.69) is 5.32 Å². The van der Waals surface area contributed by atoms with Crippen molar-refractivity contribution in [1.29, 1.82) is 0 Å². The second-order valence-electron chi connectivity index (χ2n) is 4.80. The SMILES string of the molecule is Cc1c(CNC2CCS(=O)(=O)C2)cccc1[N+](=O)[O-]. The van der Waals surface area contributed by atoms with E-state index in [0.717, 1.165) is 5.56 Å². The first-order valence-electron chi connectivity index (χ1n) is 6.06. The van der Waals surface area contributed by atoms with Crippen molar-refractivity contribution in [3.8, 4) is 0 Å². The summed E-state index contributed by atoms with van der Waals surface area (Å²) in [6.45, 7) is 2.16. The Morgan fingerprint density at radius 3 is 2.79 bits per heavy atom. The van der Waals surface area contributed by atoms with E-state index in [1.165, 1.54) is 6.07 Å². The molecular weight excluding hydrogens is 268 g/mol. The van der Waals surface area contributed by atoms with E-state index < -0.39 is 14.8 Å². The molecule has 0 aliphatic carbocycles. The van der Waals surface area contributed by atoms with Crippen molar-refractivity contribution in [1.82, 2.24) is 5.32 Å². The van der Waals surface area contributed by atoms with Crippen LogP contribution in [0.4, 0.5) is 5.69 Å². The molecule has 19 heavy (non-hydrogen) atoms. The number of nitro groups is 1. The smallest absolute Gasteiger partial charge is 0.272 e. The number of rotatable bonds is 4. The summed E-state index contributed by atoms with van der Waals surface area (Å²) in [6.07, 6.45) is 0.607. The van der Waals surface area contributed by atoms with Crippen LogP contribution in [0.15, 0.2) is 18.2 Å². The van der Waals surface area contributed by atoms with E-state index in [4.69, 9.17) is 0 Å². The number of sulfone groups is 1. The third kappa shape index (κ3) is 3.30. The maximum Gasteiger partial charge on any atom is 0.272 e. The summed E-state index contributed by atoms with van der Waals surface area (Å²) in [5.74, 6) is 0.375. The lowest BCUT2D eigenvalue weighted by Crippen LogP contribution is -2.29. The molecule has 1 aliphatic heterocycles. The Morgan fingerprint density at radius 1 is 1.47 bits per heavy atom. The minimum atomic E-state index is -2.90. The topological polar surface area (TPSA) is 89.3 Å². The molecule has 1 aromatic carbocycles. The Morgan fingerprint density at radius 2 is 2.21 bits per heavy atom. The first-order chi connectivity index (χ1) is 8.89.